The van der Waals surface area contributed by atoms with Crippen LogP contribution < -0.4 is 0 Å². The first-order valence-electron chi connectivity index (χ1n) is 6.88. The normalized spacial score (nSPS) is 26.1. The zero-order chi connectivity index (χ0) is 13.3. The van der Waals surface area contributed by atoms with E-state index in [0.717, 1.165) is 25.7 Å². The van der Waals surface area contributed by atoms with E-state index in [4.69, 9.17) is 4.74 Å². The van der Waals surface area contributed by atoms with Crippen LogP contribution in [0.3, 0.4) is 0 Å². The molecule has 0 amide bonds. The summed E-state index contributed by atoms with van der Waals surface area (Å²) in [6.45, 7) is 13.9. The van der Waals surface area contributed by atoms with Gasteiger partial charge in [-0.05, 0) is 30.1 Å². The van der Waals surface area contributed by atoms with Crippen molar-refractivity contribution in [1.82, 2.24) is 0 Å². The summed E-state index contributed by atoms with van der Waals surface area (Å²) in [5.74, 6) is 0.0332. The second-order valence-corrected chi connectivity index (χ2v) is 6.90. The summed E-state index contributed by atoms with van der Waals surface area (Å²) in [5, 5.41) is 0. The maximum Gasteiger partial charge on any atom is 0.312 e. The van der Waals surface area contributed by atoms with Crippen molar-refractivity contribution in [2.45, 2.75) is 67.2 Å². The molecular formula is C15H28O2. The van der Waals surface area contributed by atoms with Crippen molar-refractivity contribution in [3.63, 3.8) is 0 Å². The molecular weight excluding hydrogens is 212 g/mol. The minimum atomic E-state index is -0.277. The summed E-state index contributed by atoms with van der Waals surface area (Å²) < 4.78 is 5.31. The number of hydrogen-bond acceptors (Lipinski definition) is 2. The molecule has 0 bridgehead atoms. The molecule has 1 unspecified atom stereocenters. The van der Waals surface area contributed by atoms with Gasteiger partial charge in [-0.2, -0.15) is 0 Å². The highest BCUT2D eigenvalue weighted by atomic mass is 16.5. The van der Waals surface area contributed by atoms with Crippen LogP contribution in [0.15, 0.2) is 0 Å². The van der Waals surface area contributed by atoms with Gasteiger partial charge >= 0.3 is 5.97 Å². The van der Waals surface area contributed by atoms with Crippen LogP contribution in [0.5, 0.6) is 0 Å². The first kappa shape index (κ1) is 14.5. The molecule has 0 saturated carbocycles. The lowest BCUT2D eigenvalue weighted by Gasteiger charge is -2.44. The molecule has 0 N–H and O–H groups in total. The molecule has 0 aromatic heterocycles. The third kappa shape index (κ3) is 2.51. The van der Waals surface area contributed by atoms with Gasteiger partial charge in [-0.25, -0.2) is 0 Å². The van der Waals surface area contributed by atoms with Crippen LogP contribution in [0.4, 0.5) is 0 Å². The van der Waals surface area contributed by atoms with Crippen molar-refractivity contribution in [2.24, 2.45) is 16.2 Å². The zero-order valence-corrected chi connectivity index (χ0v) is 12.4. The van der Waals surface area contributed by atoms with E-state index in [1.54, 1.807) is 0 Å². The molecule has 100 valence electrons. The van der Waals surface area contributed by atoms with Gasteiger partial charge in [0, 0.05) is 0 Å². The summed E-state index contributed by atoms with van der Waals surface area (Å²) >= 11 is 0. The molecule has 0 aromatic carbocycles. The summed E-state index contributed by atoms with van der Waals surface area (Å²) in [7, 11) is 0. The Labute approximate surface area is 106 Å². The fourth-order valence-corrected chi connectivity index (χ4v) is 2.85. The molecule has 1 aliphatic heterocycles. The monoisotopic (exact) mass is 240 g/mol. The van der Waals surface area contributed by atoms with Crippen molar-refractivity contribution >= 4 is 5.97 Å². The summed E-state index contributed by atoms with van der Waals surface area (Å²) in [5.41, 5.74) is -0.0515. The number of ether oxygens (including phenoxy) is 1. The summed E-state index contributed by atoms with van der Waals surface area (Å²) in [6, 6.07) is 0. The van der Waals surface area contributed by atoms with Crippen molar-refractivity contribution < 1.29 is 9.53 Å². The number of carbonyl (C=O) groups is 1. The Morgan fingerprint density at radius 2 is 1.76 bits per heavy atom. The smallest absolute Gasteiger partial charge is 0.312 e. The zero-order valence-electron chi connectivity index (χ0n) is 12.4. The molecule has 17 heavy (non-hydrogen) atoms. The number of carbonyl (C=O) groups excluding carboxylic acids is 1. The van der Waals surface area contributed by atoms with E-state index >= 15 is 0 Å². The molecule has 0 aliphatic carbocycles. The van der Waals surface area contributed by atoms with Crippen LogP contribution in [0, 0.1) is 16.2 Å². The maximum atomic E-state index is 12.3. The molecule has 0 radical (unpaired) electrons. The van der Waals surface area contributed by atoms with Gasteiger partial charge in [0.2, 0.25) is 0 Å². The summed E-state index contributed by atoms with van der Waals surface area (Å²) in [4.78, 5) is 12.3. The van der Waals surface area contributed by atoms with Gasteiger partial charge in [-0.1, -0.05) is 48.0 Å². The molecule has 1 fully saturated rings. The van der Waals surface area contributed by atoms with E-state index < -0.39 is 0 Å². The van der Waals surface area contributed by atoms with Crippen LogP contribution >= 0.6 is 0 Å². The molecule has 1 heterocycles. The third-order valence-electron chi connectivity index (χ3n) is 5.07. The maximum absolute atomic E-state index is 12.3. The average molecular weight is 240 g/mol. The largest absolute Gasteiger partial charge is 0.465 e. The van der Waals surface area contributed by atoms with E-state index in [1.807, 2.05) is 0 Å². The van der Waals surface area contributed by atoms with Gasteiger partial charge < -0.3 is 4.74 Å². The van der Waals surface area contributed by atoms with Crippen molar-refractivity contribution in [2.75, 3.05) is 6.61 Å². The number of hydrogen-bond donors (Lipinski definition) is 0. The second kappa shape index (κ2) is 4.62. The van der Waals surface area contributed by atoms with E-state index in [0.29, 0.717) is 6.61 Å². The van der Waals surface area contributed by atoms with Crippen molar-refractivity contribution in [3.8, 4) is 0 Å². The molecule has 1 saturated heterocycles. The van der Waals surface area contributed by atoms with Crippen LogP contribution in [0.1, 0.15) is 67.2 Å². The number of rotatable bonds is 5. The molecule has 1 atom stereocenters. The topological polar surface area (TPSA) is 26.3 Å². The van der Waals surface area contributed by atoms with Gasteiger partial charge in [-0.15, -0.1) is 0 Å². The molecule has 1 rings (SSSR count). The van der Waals surface area contributed by atoms with E-state index in [1.165, 1.54) is 0 Å². The lowest BCUT2D eigenvalue weighted by atomic mass is 9.57. The molecule has 0 aromatic rings. The van der Waals surface area contributed by atoms with Crippen molar-refractivity contribution in [1.29, 1.82) is 0 Å². The Morgan fingerprint density at radius 1 is 1.18 bits per heavy atom. The average Bonchev–Trinajstić information content (AvgIpc) is 2.61. The second-order valence-electron chi connectivity index (χ2n) is 6.90. The van der Waals surface area contributed by atoms with E-state index in [9.17, 15) is 4.79 Å². The molecule has 2 nitrogen and oxygen atoms in total. The standard InChI is InChI=1S/C15H28O2/c1-7-13(3,4)11-15(14(5,6)8-2)9-10-17-12(15)16/h7-11H2,1-6H3. The van der Waals surface area contributed by atoms with Crippen LogP contribution in [-0.2, 0) is 9.53 Å². The summed E-state index contributed by atoms with van der Waals surface area (Å²) in [6.07, 6.45) is 3.94. The van der Waals surface area contributed by atoms with Gasteiger partial charge in [0.15, 0.2) is 0 Å². The van der Waals surface area contributed by atoms with Gasteiger partial charge in [-0.3, -0.25) is 4.79 Å². The third-order valence-corrected chi connectivity index (χ3v) is 5.07. The van der Waals surface area contributed by atoms with Crippen LogP contribution in [0.2, 0.25) is 0 Å². The van der Waals surface area contributed by atoms with Gasteiger partial charge in [0.05, 0.1) is 12.0 Å². The number of cyclic esters (lactones) is 1. The minimum Gasteiger partial charge on any atom is -0.465 e. The van der Waals surface area contributed by atoms with Crippen LogP contribution in [-0.4, -0.2) is 12.6 Å². The highest BCUT2D eigenvalue weighted by molar-refractivity contribution is 5.79. The highest BCUT2D eigenvalue weighted by Gasteiger charge is 2.55. The number of esters is 1. The Hall–Kier alpha value is -0.530. The van der Waals surface area contributed by atoms with E-state index in [-0.39, 0.29) is 22.2 Å². The molecule has 2 heteroatoms. The Balaban J connectivity index is 3.08. The fraction of sp³-hybridized carbons (Fsp3) is 0.933. The lowest BCUT2D eigenvalue weighted by molar-refractivity contribution is -0.155. The van der Waals surface area contributed by atoms with Crippen molar-refractivity contribution in [3.05, 3.63) is 0 Å². The van der Waals surface area contributed by atoms with Gasteiger partial charge in [0.1, 0.15) is 0 Å². The Bertz CT molecular complexity index is 291. The highest BCUT2D eigenvalue weighted by Crippen LogP contribution is 2.54. The quantitative estimate of drug-likeness (QED) is 0.674. The minimum absolute atomic E-state index is 0.0209. The fourth-order valence-electron chi connectivity index (χ4n) is 2.85. The molecule has 1 aliphatic rings. The van der Waals surface area contributed by atoms with Gasteiger partial charge in [0.25, 0.3) is 0 Å². The van der Waals surface area contributed by atoms with E-state index in [2.05, 4.69) is 41.5 Å². The predicted molar refractivity (Wildman–Crippen MR) is 70.8 cm³/mol. The Kier molecular flexibility index (Phi) is 3.95. The van der Waals surface area contributed by atoms with Crippen LogP contribution in [0.25, 0.3) is 0 Å². The first-order valence-corrected chi connectivity index (χ1v) is 6.88. The Morgan fingerprint density at radius 3 is 2.12 bits per heavy atom. The first-order chi connectivity index (χ1) is 7.71. The SMILES string of the molecule is CCC(C)(C)CC1(C(C)(C)CC)CCOC1=O. The molecule has 0 spiro atoms. The lowest BCUT2D eigenvalue weighted by Crippen LogP contribution is -2.44. The predicted octanol–water partition coefficient (Wildman–Crippen LogP) is 4.18.